The molecule has 0 radical (unpaired) electrons. The molecule has 1 saturated carbocycles. The number of hydrogen-bond acceptors (Lipinski definition) is 5. The SMILES string of the molecule is CSCCC(NC(=O)OC(C)(C)C)C(=O)N(C(C(=O)NC(C)C)c1cc(C)cc(C)c1)C1CC1C. The fourth-order valence-corrected chi connectivity index (χ4v) is 4.74. The molecule has 4 atom stereocenters. The fraction of sp³-hybridized carbons (Fsp3) is 0.667. The highest BCUT2D eigenvalue weighted by molar-refractivity contribution is 7.98. The molecule has 3 amide bonds. The first-order valence-electron chi connectivity index (χ1n) is 12.4. The summed E-state index contributed by atoms with van der Waals surface area (Å²) in [6.45, 7) is 15.3. The van der Waals surface area contributed by atoms with Crippen LogP contribution >= 0.6 is 11.8 Å². The summed E-state index contributed by atoms with van der Waals surface area (Å²) in [5.41, 5.74) is 2.17. The van der Waals surface area contributed by atoms with Gasteiger partial charge in [0.05, 0.1) is 0 Å². The highest BCUT2D eigenvalue weighted by Gasteiger charge is 2.48. The third kappa shape index (κ3) is 8.74. The van der Waals surface area contributed by atoms with Gasteiger partial charge >= 0.3 is 6.09 Å². The summed E-state index contributed by atoms with van der Waals surface area (Å²) in [6.07, 6.45) is 2.60. The smallest absolute Gasteiger partial charge is 0.408 e. The Morgan fingerprint density at radius 3 is 2.14 bits per heavy atom. The molecular weight excluding hydrogens is 462 g/mol. The van der Waals surface area contributed by atoms with Crippen molar-refractivity contribution in [2.75, 3.05) is 12.0 Å². The molecule has 4 unspecified atom stereocenters. The zero-order chi connectivity index (χ0) is 26.5. The van der Waals surface area contributed by atoms with Crippen LogP contribution in [-0.4, -0.2) is 58.5 Å². The van der Waals surface area contributed by atoms with Crippen LogP contribution in [-0.2, 0) is 14.3 Å². The van der Waals surface area contributed by atoms with Crippen LogP contribution in [0, 0.1) is 19.8 Å². The summed E-state index contributed by atoms with van der Waals surface area (Å²) in [5, 5.41) is 5.82. The molecule has 196 valence electrons. The van der Waals surface area contributed by atoms with Crippen molar-refractivity contribution >= 4 is 29.7 Å². The number of benzene rings is 1. The van der Waals surface area contributed by atoms with Gasteiger partial charge < -0.3 is 20.3 Å². The van der Waals surface area contributed by atoms with Gasteiger partial charge in [-0.25, -0.2) is 4.79 Å². The van der Waals surface area contributed by atoms with Gasteiger partial charge in [0.1, 0.15) is 17.7 Å². The van der Waals surface area contributed by atoms with E-state index in [-0.39, 0.29) is 29.8 Å². The number of hydrogen-bond donors (Lipinski definition) is 2. The largest absolute Gasteiger partial charge is 0.444 e. The molecule has 1 fully saturated rings. The van der Waals surface area contributed by atoms with E-state index >= 15 is 0 Å². The summed E-state index contributed by atoms with van der Waals surface area (Å²) < 4.78 is 5.45. The Morgan fingerprint density at radius 2 is 1.69 bits per heavy atom. The van der Waals surface area contributed by atoms with E-state index in [4.69, 9.17) is 4.74 Å². The highest BCUT2D eigenvalue weighted by Crippen LogP contribution is 2.41. The maximum Gasteiger partial charge on any atom is 0.408 e. The van der Waals surface area contributed by atoms with Gasteiger partial charge in [-0.2, -0.15) is 11.8 Å². The minimum atomic E-state index is -0.787. The molecule has 0 saturated heterocycles. The first-order valence-corrected chi connectivity index (χ1v) is 13.8. The third-order valence-electron chi connectivity index (χ3n) is 5.80. The van der Waals surface area contributed by atoms with Gasteiger partial charge in [-0.1, -0.05) is 36.2 Å². The Labute approximate surface area is 215 Å². The third-order valence-corrected chi connectivity index (χ3v) is 6.44. The monoisotopic (exact) mass is 505 g/mol. The van der Waals surface area contributed by atoms with Crippen molar-refractivity contribution in [2.45, 2.75) is 98.0 Å². The van der Waals surface area contributed by atoms with Crippen LogP contribution in [0.4, 0.5) is 4.79 Å². The second-order valence-electron chi connectivity index (χ2n) is 11.0. The quantitative estimate of drug-likeness (QED) is 0.479. The standard InChI is InChI=1S/C27H43N3O4S/c1-16(2)28-24(31)23(20-13-17(3)12-18(4)14-20)30(22-15-19(22)5)25(32)21(10-11-35-9)29-26(33)34-27(6,7)8/h12-14,16,19,21-23H,10-11,15H2,1-9H3,(H,28,31)(H,29,33). The first kappa shape index (κ1) is 29.0. The van der Waals surface area contributed by atoms with Crippen molar-refractivity contribution in [3.05, 3.63) is 34.9 Å². The van der Waals surface area contributed by atoms with Crippen LogP contribution in [0.5, 0.6) is 0 Å². The molecule has 2 N–H and O–H groups in total. The van der Waals surface area contributed by atoms with Crippen molar-refractivity contribution in [1.82, 2.24) is 15.5 Å². The lowest BCUT2D eigenvalue weighted by molar-refractivity contribution is -0.143. The van der Waals surface area contributed by atoms with Gasteiger partial charge in [-0.15, -0.1) is 0 Å². The summed E-state index contributed by atoms with van der Waals surface area (Å²) in [4.78, 5) is 42.1. The lowest BCUT2D eigenvalue weighted by Gasteiger charge is -2.35. The molecule has 0 aromatic heterocycles. The zero-order valence-corrected chi connectivity index (χ0v) is 23.5. The molecule has 0 aliphatic heterocycles. The maximum absolute atomic E-state index is 14.1. The van der Waals surface area contributed by atoms with Gasteiger partial charge in [-0.05, 0) is 84.8 Å². The molecule has 8 heteroatoms. The van der Waals surface area contributed by atoms with Gasteiger partial charge in [0.2, 0.25) is 11.8 Å². The molecule has 1 aliphatic carbocycles. The molecule has 0 heterocycles. The van der Waals surface area contributed by atoms with Crippen LogP contribution in [0.15, 0.2) is 18.2 Å². The fourth-order valence-electron chi connectivity index (χ4n) is 4.26. The van der Waals surface area contributed by atoms with E-state index in [9.17, 15) is 14.4 Å². The first-order chi connectivity index (χ1) is 16.2. The topological polar surface area (TPSA) is 87.7 Å². The minimum Gasteiger partial charge on any atom is -0.444 e. The molecule has 2 rings (SSSR count). The number of thioether (sulfide) groups is 1. The highest BCUT2D eigenvalue weighted by atomic mass is 32.2. The Bertz CT molecular complexity index is 892. The average molecular weight is 506 g/mol. The number of nitrogens with one attached hydrogen (secondary N) is 2. The number of nitrogens with zero attached hydrogens (tertiary/aromatic N) is 1. The lowest BCUT2D eigenvalue weighted by Crippen LogP contribution is -2.54. The van der Waals surface area contributed by atoms with Crippen LogP contribution in [0.1, 0.15) is 77.1 Å². The molecule has 35 heavy (non-hydrogen) atoms. The van der Waals surface area contributed by atoms with E-state index in [1.54, 1.807) is 37.4 Å². The Kier molecular flexibility index (Phi) is 10.1. The van der Waals surface area contributed by atoms with E-state index in [1.807, 2.05) is 46.1 Å². The molecule has 1 aliphatic rings. The van der Waals surface area contributed by atoms with E-state index in [0.29, 0.717) is 12.2 Å². The van der Waals surface area contributed by atoms with Gasteiger partial charge in [0.25, 0.3) is 0 Å². The molecule has 1 aromatic carbocycles. The zero-order valence-electron chi connectivity index (χ0n) is 22.7. The number of alkyl carbamates (subject to hydrolysis) is 1. The van der Waals surface area contributed by atoms with Gasteiger partial charge in [0.15, 0.2) is 0 Å². The van der Waals surface area contributed by atoms with Crippen LogP contribution in [0.3, 0.4) is 0 Å². The number of carbonyl (C=O) groups excluding carboxylic acids is 3. The Morgan fingerprint density at radius 1 is 1.11 bits per heavy atom. The summed E-state index contributed by atoms with van der Waals surface area (Å²) in [6, 6.07) is 4.30. The summed E-state index contributed by atoms with van der Waals surface area (Å²) in [7, 11) is 0. The minimum absolute atomic E-state index is 0.0663. The van der Waals surface area contributed by atoms with E-state index in [0.717, 1.165) is 23.1 Å². The number of aryl methyl sites for hydroxylation is 2. The number of ether oxygens (including phenoxy) is 1. The van der Waals surface area contributed by atoms with Gasteiger partial charge in [-0.3, -0.25) is 9.59 Å². The number of amides is 3. The predicted molar refractivity (Wildman–Crippen MR) is 143 cm³/mol. The molecular formula is C27H43N3O4S. The Hall–Kier alpha value is -2.22. The van der Waals surface area contributed by atoms with Crippen molar-refractivity contribution < 1.29 is 19.1 Å². The molecule has 1 aromatic rings. The number of carbonyl (C=O) groups is 3. The van der Waals surface area contributed by atoms with E-state index in [2.05, 4.69) is 23.6 Å². The Balaban J connectivity index is 2.50. The summed E-state index contributed by atoms with van der Waals surface area (Å²) in [5.74, 6) is 0.509. The predicted octanol–water partition coefficient (Wildman–Crippen LogP) is 4.75. The number of rotatable bonds is 10. The van der Waals surface area contributed by atoms with Gasteiger partial charge in [0, 0.05) is 12.1 Å². The molecule has 0 bridgehead atoms. The normalized spacial score (nSPS) is 19.0. The van der Waals surface area contributed by atoms with Crippen LogP contribution < -0.4 is 10.6 Å². The molecule has 7 nitrogen and oxygen atoms in total. The van der Waals surface area contributed by atoms with Crippen molar-refractivity contribution in [3.63, 3.8) is 0 Å². The average Bonchev–Trinajstić information content (AvgIpc) is 3.41. The summed E-state index contributed by atoms with van der Waals surface area (Å²) >= 11 is 1.61. The van der Waals surface area contributed by atoms with Crippen molar-refractivity contribution in [1.29, 1.82) is 0 Å². The molecule has 0 spiro atoms. The van der Waals surface area contributed by atoms with Crippen LogP contribution in [0.25, 0.3) is 0 Å². The second-order valence-corrected chi connectivity index (χ2v) is 12.0. The second kappa shape index (κ2) is 12.2. The lowest BCUT2D eigenvalue weighted by atomic mass is 9.97. The van der Waals surface area contributed by atoms with Crippen molar-refractivity contribution in [3.8, 4) is 0 Å². The van der Waals surface area contributed by atoms with E-state index in [1.165, 1.54) is 0 Å². The van der Waals surface area contributed by atoms with Crippen molar-refractivity contribution in [2.24, 2.45) is 5.92 Å². The maximum atomic E-state index is 14.1. The van der Waals surface area contributed by atoms with E-state index < -0.39 is 23.8 Å². The van der Waals surface area contributed by atoms with Crippen LogP contribution in [0.2, 0.25) is 0 Å².